The maximum absolute atomic E-state index is 12.8. The van der Waals surface area contributed by atoms with Crippen LogP contribution in [0, 0.1) is 0 Å². The van der Waals surface area contributed by atoms with Crippen LogP contribution >= 0.6 is 39.1 Å². The molecule has 31 heavy (non-hydrogen) atoms. The maximum atomic E-state index is 12.8. The van der Waals surface area contributed by atoms with Crippen molar-refractivity contribution in [2.75, 3.05) is 26.2 Å². The highest BCUT2D eigenvalue weighted by Crippen LogP contribution is 2.26. The first-order chi connectivity index (χ1) is 15.0. The number of benzene rings is 2. The predicted molar refractivity (Wildman–Crippen MR) is 125 cm³/mol. The zero-order valence-electron chi connectivity index (χ0n) is 16.7. The lowest BCUT2D eigenvalue weighted by atomic mass is 10.2. The van der Waals surface area contributed by atoms with E-state index in [0.717, 1.165) is 35.4 Å². The molecule has 1 aromatic heterocycles. The molecule has 4 rings (SSSR count). The summed E-state index contributed by atoms with van der Waals surface area (Å²) < 4.78 is 12.4. The van der Waals surface area contributed by atoms with Gasteiger partial charge in [-0.15, -0.1) is 0 Å². The van der Waals surface area contributed by atoms with Crippen LogP contribution in [0.3, 0.4) is 0 Å². The quantitative estimate of drug-likeness (QED) is 0.404. The van der Waals surface area contributed by atoms with E-state index in [1.807, 2.05) is 47.4 Å². The second-order valence-corrected chi connectivity index (χ2v) is 8.97. The van der Waals surface area contributed by atoms with Crippen LogP contribution in [-0.4, -0.2) is 41.9 Å². The van der Waals surface area contributed by atoms with Gasteiger partial charge in [0, 0.05) is 32.7 Å². The van der Waals surface area contributed by atoms with Crippen molar-refractivity contribution in [3.63, 3.8) is 0 Å². The molecule has 0 unspecified atom stereocenters. The highest BCUT2D eigenvalue weighted by atomic mass is 79.9. The molecule has 0 saturated carbocycles. The summed E-state index contributed by atoms with van der Waals surface area (Å²) in [4.78, 5) is 16.9. The number of halogens is 3. The van der Waals surface area contributed by atoms with E-state index in [9.17, 15) is 4.79 Å². The maximum Gasteiger partial charge on any atom is 0.289 e. The summed E-state index contributed by atoms with van der Waals surface area (Å²) in [7, 11) is 0. The third-order valence-corrected chi connectivity index (χ3v) is 6.52. The lowest BCUT2D eigenvalue weighted by Gasteiger charge is -2.34. The van der Waals surface area contributed by atoms with Crippen molar-refractivity contribution in [1.29, 1.82) is 0 Å². The molecule has 0 spiro atoms. The van der Waals surface area contributed by atoms with Crippen molar-refractivity contribution < 1.29 is 13.9 Å². The minimum atomic E-state index is -0.0960. The number of para-hydroxylation sites is 1. The van der Waals surface area contributed by atoms with Crippen molar-refractivity contribution in [2.24, 2.45) is 0 Å². The van der Waals surface area contributed by atoms with E-state index in [4.69, 9.17) is 32.4 Å². The van der Waals surface area contributed by atoms with E-state index < -0.39 is 0 Å². The molecule has 0 atom stereocenters. The molecule has 2 heterocycles. The Hall–Kier alpha value is -1.99. The SMILES string of the molecule is O=C(c1ccc(COc2ccccc2Br)o1)N1CCN(Cc2ccc(Cl)c(Cl)c2)CC1. The fourth-order valence-electron chi connectivity index (χ4n) is 3.44. The van der Waals surface area contributed by atoms with E-state index in [1.54, 1.807) is 12.1 Å². The average Bonchev–Trinajstić information content (AvgIpc) is 3.25. The Bertz CT molecular complexity index is 1060. The van der Waals surface area contributed by atoms with Gasteiger partial charge in [-0.25, -0.2) is 0 Å². The predicted octanol–water partition coefficient (Wildman–Crippen LogP) is 5.89. The molecule has 1 aliphatic heterocycles. The van der Waals surface area contributed by atoms with Crippen LogP contribution in [0.25, 0.3) is 0 Å². The molecule has 3 aromatic rings. The first-order valence-electron chi connectivity index (χ1n) is 9.91. The normalized spacial score (nSPS) is 14.6. The standard InChI is InChI=1S/C23H21BrCl2N2O3/c24-18-3-1-2-4-21(18)30-15-17-6-8-22(31-17)23(29)28-11-9-27(10-12-28)14-16-5-7-19(25)20(26)13-16/h1-8,13H,9-12,14-15H2. The van der Waals surface area contributed by atoms with Crippen LogP contribution in [0.1, 0.15) is 21.9 Å². The zero-order valence-corrected chi connectivity index (χ0v) is 19.8. The van der Waals surface area contributed by atoms with E-state index >= 15 is 0 Å². The van der Waals surface area contributed by atoms with Crippen molar-refractivity contribution in [2.45, 2.75) is 13.2 Å². The van der Waals surface area contributed by atoms with Gasteiger partial charge >= 0.3 is 0 Å². The molecule has 1 fully saturated rings. The molecule has 1 amide bonds. The second-order valence-electron chi connectivity index (χ2n) is 7.30. The lowest BCUT2D eigenvalue weighted by Crippen LogP contribution is -2.48. The zero-order chi connectivity index (χ0) is 21.8. The third-order valence-electron chi connectivity index (χ3n) is 5.13. The van der Waals surface area contributed by atoms with Gasteiger partial charge in [-0.3, -0.25) is 9.69 Å². The molecule has 0 aliphatic carbocycles. The Balaban J connectivity index is 1.28. The van der Waals surface area contributed by atoms with Crippen LogP contribution in [0.5, 0.6) is 5.75 Å². The number of amides is 1. The highest BCUT2D eigenvalue weighted by molar-refractivity contribution is 9.10. The summed E-state index contributed by atoms with van der Waals surface area (Å²) in [5.74, 6) is 1.58. The van der Waals surface area contributed by atoms with Crippen LogP contribution in [0.15, 0.2) is 63.5 Å². The largest absolute Gasteiger partial charge is 0.484 e. The Morgan fingerprint density at radius 3 is 2.52 bits per heavy atom. The fraction of sp³-hybridized carbons (Fsp3) is 0.261. The van der Waals surface area contributed by atoms with Gasteiger partial charge in [-0.1, -0.05) is 41.4 Å². The van der Waals surface area contributed by atoms with Gasteiger partial charge < -0.3 is 14.1 Å². The molecule has 1 aliphatic rings. The molecule has 8 heteroatoms. The van der Waals surface area contributed by atoms with E-state index in [-0.39, 0.29) is 12.5 Å². The van der Waals surface area contributed by atoms with E-state index in [0.29, 0.717) is 34.7 Å². The molecule has 2 aromatic carbocycles. The minimum Gasteiger partial charge on any atom is -0.484 e. The first-order valence-corrected chi connectivity index (χ1v) is 11.5. The van der Waals surface area contributed by atoms with E-state index in [1.165, 1.54) is 0 Å². The van der Waals surface area contributed by atoms with Crippen LogP contribution < -0.4 is 4.74 Å². The Morgan fingerprint density at radius 2 is 1.77 bits per heavy atom. The number of carbonyl (C=O) groups is 1. The summed E-state index contributed by atoms with van der Waals surface area (Å²) in [5.41, 5.74) is 1.11. The molecule has 5 nitrogen and oxygen atoms in total. The molecule has 1 saturated heterocycles. The number of furan rings is 1. The van der Waals surface area contributed by atoms with Crippen molar-refractivity contribution >= 4 is 45.0 Å². The summed E-state index contributed by atoms with van der Waals surface area (Å²) in [6.45, 7) is 3.88. The molecular formula is C23H21BrCl2N2O3. The van der Waals surface area contributed by atoms with Gasteiger partial charge in [-0.2, -0.15) is 0 Å². The molecule has 162 valence electrons. The van der Waals surface area contributed by atoms with Gasteiger partial charge in [0.05, 0.1) is 14.5 Å². The first kappa shape index (κ1) is 22.2. The fourth-order valence-corrected chi connectivity index (χ4v) is 4.16. The van der Waals surface area contributed by atoms with Crippen LogP contribution in [0.2, 0.25) is 10.0 Å². The number of nitrogens with zero attached hydrogens (tertiary/aromatic N) is 2. The number of rotatable bonds is 6. The molecule has 0 bridgehead atoms. The molecular weight excluding hydrogens is 503 g/mol. The van der Waals surface area contributed by atoms with Crippen molar-refractivity contribution in [1.82, 2.24) is 9.80 Å². The number of ether oxygens (including phenoxy) is 1. The minimum absolute atomic E-state index is 0.0960. The van der Waals surface area contributed by atoms with Gasteiger partial charge in [0.25, 0.3) is 5.91 Å². The highest BCUT2D eigenvalue weighted by Gasteiger charge is 2.24. The number of hydrogen-bond donors (Lipinski definition) is 0. The van der Waals surface area contributed by atoms with Gasteiger partial charge in [0.1, 0.15) is 18.1 Å². The molecule has 0 radical (unpaired) electrons. The van der Waals surface area contributed by atoms with Gasteiger partial charge in [0.15, 0.2) is 5.76 Å². The van der Waals surface area contributed by atoms with Crippen molar-refractivity contribution in [3.8, 4) is 5.75 Å². The van der Waals surface area contributed by atoms with Crippen LogP contribution in [-0.2, 0) is 13.2 Å². The summed E-state index contributed by atoms with van der Waals surface area (Å²) in [6, 6.07) is 16.8. The smallest absolute Gasteiger partial charge is 0.289 e. The average molecular weight is 524 g/mol. The third kappa shape index (κ3) is 5.63. The van der Waals surface area contributed by atoms with Crippen LogP contribution in [0.4, 0.5) is 0 Å². The molecule has 0 N–H and O–H groups in total. The lowest BCUT2D eigenvalue weighted by molar-refractivity contribution is 0.0594. The van der Waals surface area contributed by atoms with Crippen molar-refractivity contribution in [3.05, 3.63) is 86.2 Å². The Kier molecular flexibility index (Phi) is 7.23. The summed E-state index contributed by atoms with van der Waals surface area (Å²) >= 11 is 15.5. The Morgan fingerprint density at radius 1 is 1.00 bits per heavy atom. The van der Waals surface area contributed by atoms with Gasteiger partial charge in [-0.05, 0) is 57.9 Å². The number of carbonyl (C=O) groups excluding carboxylic acids is 1. The van der Waals surface area contributed by atoms with E-state index in [2.05, 4.69) is 20.8 Å². The Labute approximate surface area is 199 Å². The second kappa shape index (κ2) is 10.1. The summed E-state index contributed by atoms with van der Waals surface area (Å²) in [5, 5.41) is 1.12. The van der Waals surface area contributed by atoms with Gasteiger partial charge in [0.2, 0.25) is 0 Å². The number of piperazine rings is 1. The summed E-state index contributed by atoms with van der Waals surface area (Å²) in [6.07, 6.45) is 0. The topological polar surface area (TPSA) is 45.9 Å². The number of hydrogen-bond acceptors (Lipinski definition) is 4. The monoisotopic (exact) mass is 522 g/mol.